The second-order valence-electron chi connectivity index (χ2n) is 3.52. The van der Waals surface area contributed by atoms with Gasteiger partial charge in [-0.05, 0) is 17.7 Å². The van der Waals surface area contributed by atoms with Gasteiger partial charge in [0.1, 0.15) is 0 Å². The molecular weight excluding hydrogens is 228 g/mol. The van der Waals surface area contributed by atoms with Crippen LogP contribution >= 0.6 is 11.6 Å². The van der Waals surface area contributed by atoms with E-state index in [1.807, 2.05) is 0 Å². The molecule has 0 aromatic heterocycles. The van der Waals surface area contributed by atoms with Crippen molar-refractivity contribution >= 4 is 23.4 Å². The average Bonchev–Trinajstić information content (AvgIpc) is 2.20. The van der Waals surface area contributed by atoms with Crippen LogP contribution in [0.15, 0.2) is 24.3 Å². The first-order valence-corrected chi connectivity index (χ1v) is 5.13. The Hall–Kier alpha value is -1.55. The summed E-state index contributed by atoms with van der Waals surface area (Å²) in [6, 6.07) is 6.99. The highest BCUT2D eigenvalue weighted by Crippen LogP contribution is 2.10. The van der Waals surface area contributed by atoms with Gasteiger partial charge in [0.05, 0.1) is 13.0 Å². The molecule has 0 atom stereocenters. The number of hydrogen-bond acceptors (Lipinski definition) is 2. The fourth-order valence-electron chi connectivity index (χ4n) is 1.23. The number of benzene rings is 1. The molecule has 0 aliphatic heterocycles. The first-order chi connectivity index (χ1) is 7.49. The molecule has 0 spiro atoms. The van der Waals surface area contributed by atoms with E-state index < -0.39 is 5.91 Å². The summed E-state index contributed by atoms with van der Waals surface area (Å²) in [5.74, 6) is -0.673. The molecule has 4 nitrogen and oxygen atoms in total. The zero-order chi connectivity index (χ0) is 12.1. The first kappa shape index (κ1) is 12.5. The third-order valence-electron chi connectivity index (χ3n) is 2.09. The van der Waals surface area contributed by atoms with Gasteiger partial charge in [-0.2, -0.15) is 0 Å². The average molecular weight is 241 g/mol. The molecule has 0 saturated carbocycles. The highest BCUT2D eigenvalue weighted by molar-refractivity contribution is 6.30. The number of likely N-dealkylation sites (N-methyl/N-ethyl adjacent to an activating group) is 1. The Bertz CT molecular complexity index is 389. The van der Waals surface area contributed by atoms with E-state index >= 15 is 0 Å². The van der Waals surface area contributed by atoms with E-state index in [0.29, 0.717) is 5.02 Å². The number of nitrogens with zero attached hydrogens (tertiary/aromatic N) is 1. The molecule has 16 heavy (non-hydrogen) atoms. The van der Waals surface area contributed by atoms with Gasteiger partial charge < -0.3 is 10.6 Å². The Morgan fingerprint density at radius 3 is 2.38 bits per heavy atom. The van der Waals surface area contributed by atoms with Gasteiger partial charge >= 0.3 is 0 Å². The van der Waals surface area contributed by atoms with Gasteiger partial charge in [0.15, 0.2) is 0 Å². The van der Waals surface area contributed by atoms with Crippen LogP contribution in [0.2, 0.25) is 5.02 Å². The third-order valence-corrected chi connectivity index (χ3v) is 2.34. The van der Waals surface area contributed by atoms with Crippen molar-refractivity contribution in [2.45, 2.75) is 6.42 Å². The Morgan fingerprint density at radius 1 is 1.31 bits per heavy atom. The molecule has 1 aromatic rings. The van der Waals surface area contributed by atoms with Gasteiger partial charge in [-0.3, -0.25) is 9.59 Å². The lowest BCUT2D eigenvalue weighted by atomic mass is 10.1. The topological polar surface area (TPSA) is 63.4 Å². The van der Waals surface area contributed by atoms with Crippen LogP contribution in [0.5, 0.6) is 0 Å². The van der Waals surface area contributed by atoms with Crippen molar-refractivity contribution in [2.24, 2.45) is 5.73 Å². The second-order valence-corrected chi connectivity index (χ2v) is 3.96. The van der Waals surface area contributed by atoms with E-state index in [9.17, 15) is 9.59 Å². The number of rotatable bonds is 4. The van der Waals surface area contributed by atoms with Crippen LogP contribution in [0.3, 0.4) is 0 Å². The van der Waals surface area contributed by atoms with Gasteiger partial charge in [-0.1, -0.05) is 23.7 Å². The van der Waals surface area contributed by atoms with Crippen LogP contribution in [0.1, 0.15) is 5.56 Å². The van der Waals surface area contributed by atoms with Crippen molar-refractivity contribution in [3.8, 4) is 0 Å². The Labute approximate surface area is 99.0 Å². The van der Waals surface area contributed by atoms with Gasteiger partial charge in [0.2, 0.25) is 11.8 Å². The number of carbonyl (C=O) groups excluding carboxylic acids is 2. The van der Waals surface area contributed by atoms with Gasteiger partial charge in [-0.25, -0.2) is 0 Å². The predicted octanol–water partition coefficient (Wildman–Crippen LogP) is 0.826. The van der Waals surface area contributed by atoms with Crippen LogP contribution in [-0.4, -0.2) is 30.3 Å². The molecule has 0 radical (unpaired) electrons. The summed E-state index contributed by atoms with van der Waals surface area (Å²) in [6.07, 6.45) is 0.237. The molecule has 0 aliphatic rings. The smallest absolute Gasteiger partial charge is 0.237 e. The van der Waals surface area contributed by atoms with Crippen molar-refractivity contribution in [1.29, 1.82) is 0 Å². The van der Waals surface area contributed by atoms with Gasteiger partial charge in [0, 0.05) is 12.1 Å². The van der Waals surface area contributed by atoms with E-state index in [1.54, 1.807) is 31.3 Å². The van der Waals surface area contributed by atoms with Crippen molar-refractivity contribution < 1.29 is 9.59 Å². The van der Waals surface area contributed by atoms with Gasteiger partial charge in [-0.15, -0.1) is 0 Å². The Balaban J connectivity index is 2.57. The van der Waals surface area contributed by atoms with Crippen LogP contribution in [0.4, 0.5) is 0 Å². The SMILES string of the molecule is CN(CC(N)=O)C(=O)Cc1ccc(Cl)cc1. The number of halogens is 1. The third kappa shape index (κ3) is 3.90. The lowest BCUT2D eigenvalue weighted by Gasteiger charge is -2.14. The van der Waals surface area contributed by atoms with E-state index in [0.717, 1.165) is 5.56 Å². The quantitative estimate of drug-likeness (QED) is 0.847. The monoisotopic (exact) mass is 240 g/mol. The van der Waals surface area contributed by atoms with E-state index in [4.69, 9.17) is 17.3 Å². The minimum absolute atomic E-state index is 0.0631. The van der Waals surface area contributed by atoms with Crippen LogP contribution < -0.4 is 5.73 Å². The minimum atomic E-state index is -0.521. The molecule has 0 heterocycles. The zero-order valence-electron chi connectivity index (χ0n) is 8.94. The molecule has 0 bridgehead atoms. The second kappa shape index (κ2) is 5.51. The molecule has 5 heteroatoms. The lowest BCUT2D eigenvalue weighted by Crippen LogP contribution is -2.36. The normalized spacial score (nSPS) is 9.88. The number of primary amides is 1. The molecule has 0 unspecified atom stereocenters. The Kier molecular flexibility index (Phi) is 4.31. The molecule has 0 aliphatic carbocycles. The number of hydrogen-bond donors (Lipinski definition) is 1. The van der Waals surface area contributed by atoms with Gasteiger partial charge in [0.25, 0.3) is 0 Å². The fourth-order valence-corrected chi connectivity index (χ4v) is 1.36. The number of amides is 2. The van der Waals surface area contributed by atoms with Crippen molar-refractivity contribution in [3.05, 3.63) is 34.9 Å². The summed E-state index contributed by atoms with van der Waals surface area (Å²) in [5, 5.41) is 0.627. The van der Waals surface area contributed by atoms with Crippen molar-refractivity contribution in [3.63, 3.8) is 0 Å². The zero-order valence-corrected chi connectivity index (χ0v) is 9.70. The molecule has 2 N–H and O–H groups in total. The van der Waals surface area contributed by atoms with Crippen molar-refractivity contribution in [1.82, 2.24) is 4.90 Å². The molecule has 0 fully saturated rings. The maximum absolute atomic E-state index is 11.6. The Morgan fingerprint density at radius 2 is 1.88 bits per heavy atom. The molecule has 1 rings (SSSR count). The maximum atomic E-state index is 11.6. The summed E-state index contributed by atoms with van der Waals surface area (Å²) >= 11 is 5.72. The highest BCUT2D eigenvalue weighted by Gasteiger charge is 2.11. The fraction of sp³-hybridized carbons (Fsp3) is 0.273. The molecule has 0 saturated heterocycles. The number of nitrogens with two attached hydrogens (primary N) is 1. The minimum Gasteiger partial charge on any atom is -0.368 e. The van der Waals surface area contributed by atoms with E-state index in [2.05, 4.69) is 0 Å². The van der Waals surface area contributed by atoms with E-state index in [1.165, 1.54) is 4.90 Å². The number of carbonyl (C=O) groups is 2. The molecule has 2 amide bonds. The standard InChI is InChI=1S/C11H13ClN2O2/c1-14(7-10(13)15)11(16)6-8-2-4-9(12)5-3-8/h2-5H,6-7H2,1H3,(H2,13,15). The summed E-state index contributed by atoms with van der Waals surface area (Å²) in [4.78, 5) is 23.5. The lowest BCUT2D eigenvalue weighted by molar-refractivity contribution is -0.133. The molecular formula is C11H13ClN2O2. The predicted molar refractivity (Wildman–Crippen MR) is 62.0 cm³/mol. The van der Waals surface area contributed by atoms with E-state index in [-0.39, 0.29) is 18.9 Å². The van der Waals surface area contributed by atoms with Crippen molar-refractivity contribution in [2.75, 3.05) is 13.6 Å². The molecule has 86 valence electrons. The largest absolute Gasteiger partial charge is 0.368 e. The maximum Gasteiger partial charge on any atom is 0.237 e. The first-order valence-electron chi connectivity index (χ1n) is 4.75. The summed E-state index contributed by atoms with van der Waals surface area (Å²) < 4.78 is 0. The molecule has 1 aromatic carbocycles. The van der Waals surface area contributed by atoms with Crippen LogP contribution in [0, 0.1) is 0 Å². The van der Waals surface area contributed by atoms with Crippen LogP contribution in [0.25, 0.3) is 0 Å². The summed E-state index contributed by atoms with van der Waals surface area (Å²) in [6.45, 7) is -0.0631. The summed E-state index contributed by atoms with van der Waals surface area (Å²) in [5.41, 5.74) is 5.85. The summed E-state index contributed by atoms with van der Waals surface area (Å²) in [7, 11) is 1.54. The van der Waals surface area contributed by atoms with Crippen LogP contribution in [-0.2, 0) is 16.0 Å². The highest BCUT2D eigenvalue weighted by atomic mass is 35.5.